The van der Waals surface area contributed by atoms with Crippen LogP contribution in [0.25, 0.3) is 0 Å². The monoisotopic (exact) mass is 279 g/mol. The van der Waals surface area contributed by atoms with Crippen LogP contribution in [0.15, 0.2) is 41.6 Å². The fourth-order valence-electron chi connectivity index (χ4n) is 1.78. The minimum atomic E-state index is -0.146. The number of benzene rings is 1. The fraction of sp³-hybridized carbons (Fsp3) is 0.357. The Balaban J connectivity index is 1.74. The summed E-state index contributed by atoms with van der Waals surface area (Å²) in [5.41, 5.74) is 1.17. The van der Waals surface area contributed by atoms with E-state index in [0.717, 1.165) is 12.3 Å². The average molecular weight is 279 g/mol. The van der Waals surface area contributed by atoms with Gasteiger partial charge in [0.15, 0.2) is 0 Å². The van der Waals surface area contributed by atoms with E-state index < -0.39 is 0 Å². The molecule has 0 aliphatic carbocycles. The third-order valence-corrected chi connectivity index (χ3v) is 3.92. The third-order valence-electron chi connectivity index (χ3n) is 2.87. The molecule has 1 N–H and O–H groups in total. The van der Waals surface area contributed by atoms with Gasteiger partial charge >= 0.3 is 0 Å². The first-order valence-corrected chi connectivity index (χ1v) is 7.24. The molecule has 2 aromatic rings. The Hall–Kier alpha value is -1.33. The SMILES string of the molecule is C[C@@H](NCCSc1ccccc1F)c1cnn(C)c1. The van der Waals surface area contributed by atoms with Crippen molar-refractivity contribution in [3.63, 3.8) is 0 Å². The predicted octanol–water partition coefficient (Wildman–Crippen LogP) is 3.00. The van der Waals surface area contributed by atoms with Gasteiger partial charge in [0.05, 0.1) is 6.20 Å². The van der Waals surface area contributed by atoms with Crippen LogP contribution in [0.2, 0.25) is 0 Å². The zero-order valence-corrected chi connectivity index (χ0v) is 12.0. The summed E-state index contributed by atoms with van der Waals surface area (Å²) in [5.74, 6) is 0.693. The summed E-state index contributed by atoms with van der Waals surface area (Å²) >= 11 is 1.53. The molecule has 5 heteroatoms. The first kappa shape index (κ1) is 14.1. The van der Waals surface area contributed by atoms with Gasteiger partial charge < -0.3 is 5.32 Å². The zero-order valence-electron chi connectivity index (χ0n) is 11.1. The number of nitrogens with one attached hydrogen (secondary N) is 1. The molecule has 0 spiro atoms. The molecule has 0 aliphatic heterocycles. The van der Waals surface area contributed by atoms with Crippen molar-refractivity contribution in [2.45, 2.75) is 17.9 Å². The summed E-state index contributed by atoms with van der Waals surface area (Å²) in [7, 11) is 1.91. The molecule has 0 radical (unpaired) electrons. The van der Waals surface area contributed by atoms with Gasteiger partial charge in [-0.05, 0) is 19.1 Å². The molecule has 0 saturated carbocycles. The summed E-state index contributed by atoms with van der Waals surface area (Å²) in [6, 6.07) is 7.13. The van der Waals surface area contributed by atoms with E-state index in [4.69, 9.17) is 0 Å². The van der Waals surface area contributed by atoms with Gasteiger partial charge in [-0.2, -0.15) is 5.10 Å². The van der Waals surface area contributed by atoms with Crippen molar-refractivity contribution in [2.24, 2.45) is 7.05 Å². The second-order valence-electron chi connectivity index (χ2n) is 4.40. The molecule has 0 saturated heterocycles. The van der Waals surface area contributed by atoms with Crippen molar-refractivity contribution in [1.82, 2.24) is 15.1 Å². The van der Waals surface area contributed by atoms with Crippen molar-refractivity contribution in [1.29, 1.82) is 0 Å². The Kier molecular flexibility index (Phi) is 4.99. The number of hydrogen-bond acceptors (Lipinski definition) is 3. The Labute approximate surface area is 117 Å². The molecule has 19 heavy (non-hydrogen) atoms. The average Bonchev–Trinajstić information content (AvgIpc) is 2.83. The van der Waals surface area contributed by atoms with Crippen LogP contribution in [0, 0.1) is 5.82 Å². The summed E-state index contributed by atoms with van der Waals surface area (Å²) < 4.78 is 15.2. The van der Waals surface area contributed by atoms with E-state index in [1.165, 1.54) is 23.4 Å². The number of nitrogens with zero attached hydrogens (tertiary/aromatic N) is 2. The maximum atomic E-state index is 13.4. The van der Waals surface area contributed by atoms with E-state index in [1.807, 2.05) is 31.6 Å². The largest absolute Gasteiger partial charge is 0.309 e. The van der Waals surface area contributed by atoms with Gasteiger partial charge in [-0.25, -0.2) is 4.39 Å². The van der Waals surface area contributed by atoms with Gasteiger partial charge in [-0.1, -0.05) is 12.1 Å². The summed E-state index contributed by atoms with van der Waals surface area (Å²) in [6.45, 7) is 2.93. The van der Waals surface area contributed by atoms with E-state index in [2.05, 4.69) is 17.3 Å². The van der Waals surface area contributed by atoms with Gasteiger partial charge in [-0.15, -0.1) is 11.8 Å². The van der Waals surface area contributed by atoms with Crippen LogP contribution in [-0.2, 0) is 7.05 Å². The van der Waals surface area contributed by atoms with E-state index in [9.17, 15) is 4.39 Å². The molecule has 1 atom stereocenters. The first-order valence-electron chi connectivity index (χ1n) is 6.26. The lowest BCUT2D eigenvalue weighted by Gasteiger charge is -2.11. The van der Waals surface area contributed by atoms with Gasteiger partial charge in [0.1, 0.15) is 5.82 Å². The number of hydrogen-bond donors (Lipinski definition) is 1. The van der Waals surface area contributed by atoms with Crippen molar-refractivity contribution in [2.75, 3.05) is 12.3 Å². The van der Waals surface area contributed by atoms with E-state index in [1.54, 1.807) is 10.7 Å². The summed E-state index contributed by atoms with van der Waals surface area (Å²) in [4.78, 5) is 0.707. The molecule has 0 unspecified atom stereocenters. The van der Waals surface area contributed by atoms with Crippen LogP contribution in [-0.4, -0.2) is 22.1 Å². The van der Waals surface area contributed by atoms with Gasteiger partial charge in [0.25, 0.3) is 0 Å². The maximum Gasteiger partial charge on any atom is 0.136 e. The van der Waals surface area contributed by atoms with E-state index in [-0.39, 0.29) is 11.9 Å². The number of halogens is 1. The van der Waals surface area contributed by atoms with Crippen LogP contribution in [0.5, 0.6) is 0 Å². The highest BCUT2D eigenvalue weighted by atomic mass is 32.2. The minimum Gasteiger partial charge on any atom is -0.309 e. The van der Waals surface area contributed by atoms with Crippen molar-refractivity contribution >= 4 is 11.8 Å². The predicted molar refractivity (Wildman–Crippen MR) is 76.7 cm³/mol. The molecule has 0 bridgehead atoms. The molecule has 0 fully saturated rings. The molecule has 0 amide bonds. The lowest BCUT2D eigenvalue weighted by atomic mass is 10.2. The summed E-state index contributed by atoms with van der Waals surface area (Å²) in [6.07, 6.45) is 3.86. The van der Waals surface area contributed by atoms with Gasteiger partial charge in [0, 0.05) is 42.0 Å². The number of aryl methyl sites for hydroxylation is 1. The van der Waals surface area contributed by atoms with Crippen LogP contribution in [0.4, 0.5) is 4.39 Å². The number of thioether (sulfide) groups is 1. The minimum absolute atomic E-state index is 0.146. The Bertz CT molecular complexity index is 527. The highest BCUT2D eigenvalue weighted by molar-refractivity contribution is 7.99. The van der Waals surface area contributed by atoms with Crippen molar-refractivity contribution in [3.8, 4) is 0 Å². The lowest BCUT2D eigenvalue weighted by molar-refractivity contribution is 0.596. The first-order chi connectivity index (χ1) is 9.16. The maximum absolute atomic E-state index is 13.4. The molecule has 1 heterocycles. The quantitative estimate of drug-likeness (QED) is 0.651. The molecule has 1 aromatic carbocycles. The number of aromatic nitrogens is 2. The van der Waals surface area contributed by atoms with Crippen LogP contribution >= 0.6 is 11.8 Å². The Morgan fingerprint density at radius 1 is 1.42 bits per heavy atom. The third kappa shape index (κ3) is 4.08. The molecule has 3 nitrogen and oxygen atoms in total. The standard InChI is InChI=1S/C14H18FN3S/c1-11(12-9-17-18(2)10-12)16-7-8-19-14-6-4-3-5-13(14)15/h3-6,9-11,16H,7-8H2,1-2H3/t11-/m1/s1. The van der Waals surface area contributed by atoms with E-state index >= 15 is 0 Å². The normalized spacial score (nSPS) is 12.6. The smallest absolute Gasteiger partial charge is 0.136 e. The molecule has 1 aromatic heterocycles. The highest BCUT2D eigenvalue weighted by Crippen LogP contribution is 2.20. The fourth-order valence-corrected chi connectivity index (χ4v) is 2.60. The highest BCUT2D eigenvalue weighted by Gasteiger charge is 2.06. The Morgan fingerprint density at radius 3 is 2.89 bits per heavy atom. The van der Waals surface area contributed by atoms with Crippen molar-refractivity contribution < 1.29 is 4.39 Å². The lowest BCUT2D eigenvalue weighted by Crippen LogP contribution is -2.21. The Morgan fingerprint density at radius 2 is 2.21 bits per heavy atom. The van der Waals surface area contributed by atoms with Crippen LogP contribution < -0.4 is 5.32 Å². The van der Waals surface area contributed by atoms with Gasteiger partial charge in [-0.3, -0.25) is 4.68 Å². The number of rotatable bonds is 6. The van der Waals surface area contributed by atoms with Crippen molar-refractivity contribution in [3.05, 3.63) is 48.0 Å². The molecular weight excluding hydrogens is 261 g/mol. The van der Waals surface area contributed by atoms with E-state index in [0.29, 0.717) is 4.90 Å². The van der Waals surface area contributed by atoms with Crippen LogP contribution in [0.1, 0.15) is 18.5 Å². The molecule has 102 valence electrons. The molecule has 0 aliphatic rings. The summed E-state index contributed by atoms with van der Waals surface area (Å²) in [5, 5.41) is 7.55. The second kappa shape index (κ2) is 6.73. The van der Waals surface area contributed by atoms with Crippen LogP contribution in [0.3, 0.4) is 0 Å². The second-order valence-corrected chi connectivity index (χ2v) is 5.54. The topological polar surface area (TPSA) is 29.9 Å². The van der Waals surface area contributed by atoms with Gasteiger partial charge in [0.2, 0.25) is 0 Å². The molecule has 2 rings (SSSR count). The molecular formula is C14H18FN3S. The zero-order chi connectivity index (χ0) is 13.7.